The summed E-state index contributed by atoms with van der Waals surface area (Å²) < 4.78 is 5.23. The SMILES string of the molecule is CCNC(=NCc1ncc(C)s1)NCCc1nc(C(C)C)no1.I. The molecule has 0 amide bonds. The smallest absolute Gasteiger partial charge is 0.228 e. The van der Waals surface area contributed by atoms with Gasteiger partial charge in [0.2, 0.25) is 5.89 Å². The van der Waals surface area contributed by atoms with E-state index in [1.165, 1.54) is 4.88 Å². The second-order valence-electron chi connectivity index (χ2n) is 5.44. The van der Waals surface area contributed by atoms with Gasteiger partial charge in [0.25, 0.3) is 0 Å². The van der Waals surface area contributed by atoms with Crippen LogP contribution in [0.1, 0.15) is 48.3 Å². The molecule has 2 heterocycles. The van der Waals surface area contributed by atoms with Crippen LogP contribution < -0.4 is 10.6 Å². The minimum atomic E-state index is 0. The number of guanidine groups is 1. The van der Waals surface area contributed by atoms with Gasteiger partial charge in [-0.25, -0.2) is 9.98 Å². The molecule has 2 aromatic heterocycles. The normalized spacial score (nSPS) is 11.5. The van der Waals surface area contributed by atoms with Gasteiger partial charge in [-0.15, -0.1) is 35.3 Å². The Morgan fingerprint density at radius 3 is 2.75 bits per heavy atom. The average molecular weight is 464 g/mol. The number of hydrogen-bond donors (Lipinski definition) is 2. The molecule has 0 saturated heterocycles. The highest BCUT2D eigenvalue weighted by molar-refractivity contribution is 14.0. The standard InChI is InChI=1S/C15H24N6OS.HI/c1-5-16-15(19-9-13-18-8-11(4)23-13)17-7-6-12-20-14(10(2)3)21-22-12;/h8,10H,5-7,9H2,1-4H3,(H2,16,17,19);1H. The van der Waals surface area contributed by atoms with Crippen molar-refractivity contribution in [2.75, 3.05) is 13.1 Å². The van der Waals surface area contributed by atoms with Crippen molar-refractivity contribution in [3.05, 3.63) is 27.8 Å². The number of aromatic nitrogens is 3. The molecular weight excluding hydrogens is 439 g/mol. The van der Waals surface area contributed by atoms with Crippen LogP contribution in [0.15, 0.2) is 15.7 Å². The van der Waals surface area contributed by atoms with E-state index in [1.807, 2.05) is 33.9 Å². The zero-order chi connectivity index (χ0) is 16.7. The Morgan fingerprint density at radius 2 is 2.17 bits per heavy atom. The highest BCUT2D eigenvalue weighted by Gasteiger charge is 2.09. The first-order valence-corrected chi connectivity index (χ1v) is 8.66. The predicted molar refractivity (Wildman–Crippen MR) is 107 cm³/mol. The zero-order valence-corrected chi connectivity index (χ0v) is 17.6. The third-order valence-electron chi connectivity index (χ3n) is 3.02. The van der Waals surface area contributed by atoms with Crippen LogP contribution in [0, 0.1) is 6.92 Å². The molecule has 0 atom stereocenters. The fourth-order valence-corrected chi connectivity index (χ4v) is 2.57. The number of aryl methyl sites for hydroxylation is 1. The lowest BCUT2D eigenvalue weighted by Gasteiger charge is -2.09. The lowest BCUT2D eigenvalue weighted by atomic mass is 10.2. The van der Waals surface area contributed by atoms with Gasteiger partial charge in [-0.1, -0.05) is 19.0 Å². The molecule has 0 aromatic carbocycles. The molecule has 134 valence electrons. The molecule has 0 aliphatic rings. The Kier molecular flexibility index (Phi) is 9.19. The Morgan fingerprint density at radius 1 is 1.38 bits per heavy atom. The van der Waals surface area contributed by atoms with Gasteiger partial charge < -0.3 is 15.2 Å². The third kappa shape index (κ3) is 6.71. The molecule has 0 saturated carbocycles. The Bertz CT molecular complexity index is 639. The van der Waals surface area contributed by atoms with Gasteiger partial charge in [0, 0.05) is 36.5 Å². The molecule has 24 heavy (non-hydrogen) atoms. The molecular formula is C15H25IN6OS. The molecule has 0 aliphatic heterocycles. The molecule has 0 bridgehead atoms. The maximum atomic E-state index is 5.23. The van der Waals surface area contributed by atoms with E-state index in [2.05, 4.69) is 30.8 Å². The van der Waals surface area contributed by atoms with E-state index in [1.54, 1.807) is 11.3 Å². The number of hydrogen-bond acceptors (Lipinski definition) is 6. The topological polar surface area (TPSA) is 88.2 Å². The lowest BCUT2D eigenvalue weighted by molar-refractivity contribution is 0.371. The van der Waals surface area contributed by atoms with Crippen molar-refractivity contribution in [3.8, 4) is 0 Å². The summed E-state index contributed by atoms with van der Waals surface area (Å²) >= 11 is 1.67. The number of rotatable bonds is 7. The first-order valence-electron chi connectivity index (χ1n) is 7.84. The summed E-state index contributed by atoms with van der Waals surface area (Å²) in [7, 11) is 0. The first-order chi connectivity index (χ1) is 11.1. The van der Waals surface area contributed by atoms with Gasteiger partial charge in [-0.05, 0) is 13.8 Å². The third-order valence-corrected chi connectivity index (χ3v) is 3.91. The summed E-state index contributed by atoms with van der Waals surface area (Å²) in [5.41, 5.74) is 0. The van der Waals surface area contributed by atoms with Crippen LogP contribution in [0.2, 0.25) is 0 Å². The van der Waals surface area contributed by atoms with E-state index in [0.717, 1.165) is 23.3 Å². The average Bonchev–Trinajstić information content (AvgIpc) is 3.14. The predicted octanol–water partition coefficient (Wildman–Crippen LogP) is 2.87. The summed E-state index contributed by atoms with van der Waals surface area (Å²) in [6, 6.07) is 0. The highest BCUT2D eigenvalue weighted by atomic mass is 127. The number of thiazole rings is 1. The van der Waals surface area contributed by atoms with Crippen molar-refractivity contribution in [2.45, 2.75) is 46.6 Å². The largest absolute Gasteiger partial charge is 0.357 e. The number of nitrogens with one attached hydrogen (secondary N) is 2. The summed E-state index contributed by atoms with van der Waals surface area (Å²) in [6.07, 6.45) is 2.54. The van der Waals surface area contributed by atoms with Gasteiger partial charge in [0.15, 0.2) is 11.8 Å². The second-order valence-corrected chi connectivity index (χ2v) is 6.76. The summed E-state index contributed by atoms with van der Waals surface area (Å²) in [4.78, 5) is 14.4. The molecule has 0 unspecified atom stereocenters. The maximum Gasteiger partial charge on any atom is 0.228 e. The van der Waals surface area contributed by atoms with Crippen LogP contribution in [-0.2, 0) is 13.0 Å². The zero-order valence-electron chi connectivity index (χ0n) is 14.5. The van der Waals surface area contributed by atoms with Crippen LogP contribution >= 0.6 is 35.3 Å². The quantitative estimate of drug-likeness (QED) is 0.372. The maximum absolute atomic E-state index is 5.23. The second kappa shape index (κ2) is 10.6. The highest BCUT2D eigenvalue weighted by Crippen LogP contribution is 2.12. The van der Waals surface area contributed by atoms with Crippen LogP contribution in [0.25, 0.3) is 0 Å². The molecule has 0 radical (unpaired) electrons. The molecule has 2 N–H and O–H groups in total. The molecule has 0 spiro atoms. The summed E-state index contributed by atoms with van der Waals surface area (Å²) in [5.74, 6) is 2.44. The van der Waals surface area contributed by atoms with Crippen LogP contribution in [-0.4, -0.2) is 34.2 Å². The van der Waals surface area contributed by atoms with E-state index in [0.29, 0.717) is 25.4 Å². The van der Waals surface area contributed by atoms with Gasteiger partial charge in [0.1, 0.15) is 5.01 Å². The summed E-state index contributed by atoms with van der Waals surface area (Å²) in [5, 5.41) is 11.5. The fraction of sp³-hybridized carbons (Fsp3) is 0.600. The van der Waals surface area contributed by atoms with Crippen molar-refractivity contribution < 1.29 is 4.52 Å². The van der Waals surface area contributed by atoms with Crippen molar-refractivity contribution in [3.63, 3.8) is 0 Å². The fourth-order valence-electron chi connectivity index (χ4n) is 1.85. The number of aliphatic imine (C=N–C) groups is 1. The van der Waals surface area contributed by atoms with E-state index in [4.69, 9.17) is 4.52 Å². The minimum absolute atomic E-state index is 0. The van der Waals surface area contributed by atoms with E-state index in [-0.39, 0.29) is 29.9 Å². The summed E-state index contributed by atoms with van der Waals surface area (Å²) in [6.45, 7) is 10.2. The monoisotopic (exact) mass is 464 g/mol. The van der Waals surface area contributed by atoms with Gasteiger partial charge >= 0.3 is 0 Å². The van der Waals surface area contributed by atoms with Crippen LogP contribution in [0.3, 0.4) is 0 Å². The molecule has 0 aliphatic carbocycles. The van der Waals surface area contributed by atoms with E-state index < -0.39 is 0 Å². The number of halogens is 1. The van der Waals surface area contributed by atoms with Gasteiger partial charge in [0.05, 0.1) is 6.54 Å². The van der Waals surface area contributed by atoms with Crippen LogP contribution in [0.4, 0.5) is 0 Å². The van der Waals surface area contributed by atoms with Gasteiger partial charge in [-0.2, -0.15) is 4.98 Å². The van der Waals surface area contributed by atoms with Crippen molar-refractivity contribution >= 4 is 41.3 Å². The lowest BCUT2D eigenvalue weighted by Crippen LogP contribution is -2.38. The van der Waals surface area contributed by atoms with E-state index >= 15 is 0 Å². The molecule has 0 fully saturated rings. The molecule has 2 aromatic rings. The van der Waals surface area contributed by atoms with E-state index in [9.17, 15) is 0 Å². The number of nitrogens with zero attached hydrogens (tertiary/aromatic N) is 4. The van der Waals surface area contributed by atoms with Crippen molar-refractivity contribution in [2.24, 2.45) is 4.99 Å². The molecule has 7 nitrogen and oxygen atoms in total. The Hall–Kier alpha value is -1.23. The van der Waals surface area contributed by atoms with Crippen molar-refractivity contribution in [1.29, 1.82) is 0 Å². The van der Waals surface area contributed by atoms with Crippen molar-refractivity contribution in [1.82, 2.24) is 25.8 Å². The molecule has 2 rings (SSSR count). The molecule has 9 heteroatoms. The Labute approximate surface area is 163 Å². The minimum Gasteiger partial charge on any atom is -0.357 e. The first kappa shape index (κ1) is 20.8. The van der Waals surface area contributed by atoms with Crippen LogP contribution in [0.5, 0.6) is 0 Å². The van der Waals surface area contributed by atoms with Gasteiger partial charge in [-0.3, -0.25) is 0 Å². The Balaban J connectivity index is 0.00000288.